The number of hydrogen-bond acceptors (Lipinski definition) is 1. The fourth-order valence-corrected chi connectivity index (χ4v) is 2.58. The smallest absolute Gasteiger partial charge is 0.137 e. The number of benzene rings is 2. The molecule has 100 valence electrons. The Labute approximate surface area is 119 Å². The Morgan fingerprint density at radius 3 is 2.42 bits per heavy atom. The summed E-state index contributed by atoms with van der Waals surface area (Å²) < 4.78 is 27.6. The summed E-state index contributed by atoms with van der Waals surface area (Å²) >= 11 is 3.24. The van der Waals surface area contributed by atoms with Crippen LogP contribution in [0.5, 0.6) is 0 Å². The van der Waals surface area contributed by atoms with Gasteiger partial charge in [-0.05, 0) is 52.7 Å². The Morgan fingerprint density at radius 1 is 1.05 bits per heavy atom. The van der Waals surface area contributed by atoms with Crippen molar-refractivity contribution < 1.29 is 8.78 Å². The van der Waals surface area contributed by atoms with Crippen LogP contribution in [-0.2, 0) is 6.42 Å². The van der Waals surface area contributed by atoms with E-state index in [9.17, 15) is 8.78 Å². The minimum Gasteiger partial charge on any atom is -0.313 e. The van der Waals surface area contributed by atoms with Crippen LogP contribution in [0.3, 0.4) is 0 Å². The average Bonchev–Trinajstić information content (AvgIpc) is 2.41. The van der Waals surface area contributed by atoms with Gasteiger partial charge in [0.1, 0.15) is 11.6 Å². The molecule has 0 fully saturated rings. The minimum absolute atomic E-state index is 0.151. The third-order valence-corrected chi connectivity index (χ3v) is 3.92. The number of hydrogen-bond donors (Lipinski definition) is 1. The van der Waals surface area contributed by atoms with E-state index >= 15 is 0 Å². The van der Waals surface area contributed by atoms with Crippen LogP contribution in [0.2, 0.25) is 0 Å². The van der Waals surface area contributed by atoms with Gasteiger partial charge in [0.25, 0.3) is 0 Å². The number of rotatable bonds is 4. The summed E-state index contributed by atoms with van der Waals surface area (Å²) in [4.78, 5) is 0. The van der Waals surface area contributed by atoms with Crippen LogP contribution in [0.4, 0.5) is 8.78 Å². The Kier molecular flexibility index (Phi) is 4.66. The molecule has 0 aliphatic rings. The van der Waals surface area contributed by atoms with Gasteiger partial charge in [0.15, 0.2) is 0 Å². The second-order valence-corrected chi connectivity index (χ2v) is 5.07. The van der Waals surface area contributed by atoms with Gasteiger partial charge in [-0.3, -0.25) is 0 Å². The van der Waals surface area contributed by atoms with E-state index < -0.39 is 0 Å². The molecule has 0 saturated carbocycles. The van der Waals surface area contributed by atoms with Gasteiger partial charge in [0, 0.05) is 6.04 Å². The Morgan fingerprint density at radius 2 is 1.74 bits per heavy atom. The summed E-state index contributed by atoms with van der Waals surface area (Å²) in [7, 11) is 1.78. The molecule has 4 heteroatoms. The highest BCUT2D eigenvalue weighted by molar-refractivity contribution is 9.10. The zero-order valence-electron chi connectivity index (χ0n) is 10.5. The highest BCUT2D eigenvalue weighted by Gasteiger charge is 2.16. The van der Waals surface area contributed by atoms with Gasteiger partial charge in [0.05, 0.1) is 4.47 Å². The van der Waals surface area contributed by atoms with Crippen molar-refractivity contribution in [1.29, 1.82) is 0 Å². The molecule has 0 spiro atoms. The van der Waals surface area contributed by atoms with Crippen LogP contribution < -0.4 is 5.32 Å². The monoisotopic (exact) mass is 325 g/mol. The maximum Gasteiger partial charge on any atom is 0.137 e. The third-order valence-electron chi connectivity index (χ3n) is 3.09. The fourth-order valence-electron chi connectivity index (χ4n) is 2.04. The Balaban J connectivity index is 2.31. The minimum atomic E-state index is -0.314. The fraction of sp³-hybridized carbons (Fsp3) is 0.200. The summed E-state index contributed by atoms with van der Waals surface area (Å²) in [5.74, 6) is -0.554. The molecule has 0 aliphatic carbocycles. The van der Waals surface area contributed by atoms with Gasteiger partial charge in [0.2, 0.25) is 0 Å². The summed E-state index contributed by atoms with van der Waals surface area (Å²) in [5.41, 5.74) is 1.39. The van der Waals surface area contributed by atoms with Crippen molar-refractivity contribution >= 4 is 15.9 Å². The number of halogens is 3. The van der Waals surface area contributed by atoms with Crippen molar-refractivity contribution in [2.45, 2.75) is 12.5 Å². The molecule has 0 aromatic heterocycles. The van der Waals surface area contributed by atoms with Crippen molar-refractivity contribution in [3.63, 3.8) is 0 Å². The molecule has 0 bridgehead atoms. The summed E-state index contributed by atoms with van der Waals surface area (Å²) in [5, 5.41) is 3.10. The van der Waals surface area contributed by atoms with Crippen LogP contribution in [-0.4, -0.2) is 7.05 Å². The van der Waals surface area contributed by atoms with E-state index in [0.29, 0.717) is 16.5 Å². The van der Waals surface area contributed by atoms with Crippen LogP contribution >= 0.6 is 15.9 Å². The molecular weight excluding hydrogens is 312 g/mol. The molecule has 19 heavy (non-hydrogen) atoms. The predicted molar refractivity (Wildman–Crippen MR) is 76.0 cm³/mol. The van der Waals surface area contributed by atoms with Gasteiger partial charge in [-0.1, -0.05) is 30.3 Å². The van der Waals surface area contributed by atoms with Crippen molar-refractivity contribution in [1.82, 2.24) is 5.32 Å². The van der Waals surface area contributed by atoms with Crippen molar-refractivity contribution in [3.05, 3.63) is 69.7 Å². The molecule has 2 aromatic carbocycles. The SMILES string of the molecule is CNC(Cc1ccccc1F)c1cccc(F)c1Br. The standard InChI is InChI=1S/C15H14BrF2N/c1-19-14(9-10-5-2-3-7-12(10)17)11-6-4-8-13(18)15(11)16/h2-8,14,19H,9H2,1H3. The second kappa shape index (κ2) is 6.26. The van der Waals surface area contributed by atoms with Crippen LogP contribution in [0.1, 0.15) is 17.2 Å². The Hall–Kier alpha value is -1.26. The van der Waals surface area contributed by atoms with Gasteiger partial charge < -0.3 is 5.32 Å². The lowest BCUT2D eigenvalue weighted by atomic mass is 9.98. The third kappa shape index (κ3) is 3.19. The van der Waals surface area contributed by atoms with Crippen molar-refractivity contribution in [3.8, 4) is 0 Å². The summed E-state index contributed by atoms with van der Waals surface area (Å²) in [6, 6.07) is 11.4. The first-order chi connectivity index (χ1) is 9.13. The van der Waals surface area contributed by atoms with Crippen molar-refractivity contribution in [2.75, 3.05) is 7.05 Å². The molecule has 0 radical (unpaired) electrons. The molecule has 2 aromatic rings. The average molecular weight is 326 g/mol. The van der Waals surface area contributed by atoms with Crippen molar-refractivity contribution in [2.24, 2.45) is 0 Å². The highest BCUT2D eigenvalue weighted by Crippen LogP contribution is 2.28. The van der Waals surface area contributed by atoms with E-state index in [1.54, 1.807) is 31.3 Å². The van der Waals surface area contributed by atoms with E-state index in [4.69, 9.17) is 0 Å². The van der Waals surface area contributed by atoms with Gasteiger partial charge in [-0.15, -0.1) is 0 Å². The number of nitrogens with one attached hydrogen (secondary N) is 1. The zero-order valence-corrected chi connectivity index (χ0v) is 12.0. The first-order valence-corrected chi connectivity index (χ1v) is 6.77. The predicted octanol–water partition coefficient (Wildman–Crippen LogP) is 4.23. The molecule has 1 nitrogen and oxygen atoms in total. The van der Waals surface area contributed by atoms with Crippen LogP contribution in [0.25, 0.3) is 0 Å². The Bertz CT molecular complexity index is 572. The highest BCUT2D eigenvalue weighted by atomic mass is 79.9. The first-order valence-electron chi connectivity index (χ1n) is 5.98. The van der Waals surface area contributed by atoms with E-state index in [2.05, 4.69) is 21.2 Å². The van der Waals surface area contributed by atoms with E-state index in [1.807, 2.05) is 6.07 Å². The van der Waals surface area contributed by atoms with Gasteiger partial charge >= 0.3 is 0 Å². The second-order valence-electron chi connectivity index (χ2n) is 4.28. The largest absolute Gasteiger partial charge is 0.313 e. The lowest BCUT2D eigenvalue weighted by Gasteiger charge is -2.19. The molecule has 1 atom stereocenters. The normalized spacial score (nSPS) is 12.4. The molecule has 0 heterocycles. The number of likely N-dealkylation sites (N-methyl/N-ethyl adjacent to an activating group) is 1. The lowest BCUT2D eigenvalue weighted by Crippen LogP contribution is -2.20. The topological polar surface area (TPSA) is 12.0 Å². The lowest BCUT2D eigenvalue weighted by molar-refractivity contribution is 0.546. The van der Waals surface area contributed by atoms with E-state index in [1.165, 1.54) is 12.1 Å². The quantitative estimate of drug-likeness (QED) is 0.887. The van der Waals surface area contributed by atoms with Gasteiger partial charge in [-0.2, -0.15) is 0 Å². The molecular formula is C15H14BrF2N. The summed E-state index contributed by atoms with van der Waals surface area (Å²) in [6.45, 7) is 0. The maximum atomic E-state index is 13.7. The van der Waals surface area contributed by atoms with Crippen LogP contribution in [0, 0.1) is 11.6 Å². The van der Waals surface area contributed by atoms with E-state index in [-0.39, 0.29) is 17.7 Å². The molecule has 1 N–H and O–H groups in total. The first kappa shape index (κ1) is 14.2. The molecule has 2 rings (SSSR count). The van der Waals surface area contributed by atoms with Gasteiger partial charge in [-0.25, -0.2) is 8.78 Å². The molecule has 1 unspecified atom stereocenters. The maximum absolute atomic E-state index is 13.7. The van der Waals surface area contributed by atoms with Crippen LogP contribution in [0.15, 0.2) is 46.9 Å². The molecule has 0 saturated heterocycles. The van der Waals surface area contributed by atoms with E-state index in [0.717, 1.165) is 5.56 Å². The zero-order chi connectivity index (χ0) is 13.8. The molecule has 0 aliphatic heterocycles. The summed E-state index contributed by atoms with van der Waals surface area (Å²) in [6.07, 6.45) is 0.464. The molecule has 0 amide bonds.